The van der Waals surface area contributed by atoms with Crippen LogP contribution >= 0.6 is 0 Å². The van der Waals surface area contributed by atoms with Crippen molar-refractivity contribution in [3.63, 3.8) is 0 Å². The van der Waals surface area contributed by atoms with Crippen LogP contribution in [0.1, 0.15) is 57.1 Å². The molecule has 0 N–H and O–H groups in total. The van der Waals surface area contributed by atoms with Crippen molar-refractivity contribution in [2.75, 3.05) is 4.90 Å². The van der Waals surface area contributed by atoms with E-state index >= 15 is 0 Å². The highest BCUT2D eigenvalue weighted by atomic mass is 16.1. The van der Waals surface area contributed by atoms with Gasteiger partial charge >= 0.3 is 0 Å². The molecule has 0 radical (unpaired) electrons. The first-order chi connectivity index (χ1) is 12.5. The van der Waals surface area contributed by atoms with Crippen molar-refractivity contribution in [3.8, 4) is 0 Å². The number of anilines is 1. The molecule has 2 fully saturated rings. The molecule has 2 aliphatic carbocycles. The first-order valence-corrected chi connectivity index (χ1v) is 9.97. The van der Waals surface area contributed by atoms with E-state index < -0.39 is 0 Å². The number of nitrogens with zero attached hydrogens (tertiary/aromatic N) is 1. The van der Waals surface area contributed by atoms with Crippen molar-refractivity contribution in [2.24, 2.45) is 5.41 Å². The largest absolute Gasteiger partial charge is 0.359 e. The number of ketones is 1. The summed E-state index contributed by atoms with van der Waals surface area (Å²) in [6.45, 7) is 5.31. The van der Waals surface area contributed by atoms with Gasteiger partial charge in [-0.05, 0) is 30.0 Å². The van der Waals surface area contributed by atoms with Crippen molar-refractivity contribution in [1.82, 2.24) is 0 Å². The summed E-state index contributed by atoms with van der Waals surface area (Å²) in [6, 6.07) is 19.6. The topological polar surface area (TPSA) is 20.3 Å². The summed E-state index contributed by atoms with van der Waals surface area (Å²) in [6.07, 6.45) is 5.43. The first kappa shape index (κ1) is 16.1. The second-order valence-corrected chi connectivity index (χ2v) is 8.96. The summed E-state index contributed by atoms with van der Waals surface area (Å²) in [7, 11) is 0. The lowest BCUT2D eigenvalue weighted by Gasteiger charge is -2.55. The molecule has 134 valence electrons. The van der Waals surface area contributed by atoms with Crippen LogP contribution in [-0.4, -0.2) is 11.3 Å². The highest BCUT2D eigenvalue weighted by molar-refractivity contribution is 5.95. The molecule has 0 spiro atoms. The van der Waals surface area contributed by atoms with Gasteiger partial charge in [-0.25, -0.2) is 0 Å². The highest BCUT2D eigenvalue weighted by Gasteiger charge is 2.74. The van der Waals surface area contributed by atoms with E-state index in [0.717, 1.165) is 19.4 Å². The first-order valence-electron chi connectivity index (χ1n) is 9.97. The zero-order valence-electron chi connectivity index (χ0n) is 15.8. The van der Waals surface area contributed by atoms with Crippen molar-refractivity contribution in [1.29, 1.82) is 0 Å². The second-order valence-electron chi connectivity index (χ2n) is 8.96. The van der Waals surface area contributed by atoms with Gasteiger partial charge in [0.15, 0.2) is 0 Å². The number of hydrogen-bond acceptors (Lipinski definition) is 2. The number of para-hydroxylation sites is 1. The number of carbonyl (C=O) groups excluding carboxylic acids is 1. The van der Waals surface area contributed by atoms with Crippen molar-refractivity contribution < 1.29 is 4.79 Å². The summed E-state index contributed by atoms with van der Waals surface area (Å²) in [4.78, 5) is 15.9. The Hall–Kier alpha value is -2.09. The third-order valence-electron chi connectivity index (χ3n) is 7.73. The average Bonchev–Trinajstić information content (AvgIpc) is 3.01. The fraction of sp³-hybridized carbons (Fsp3) is 0.458. The van der Waals surface area contributed by atoms with Gasteiger partial charge in [0, 0.05) is 29.5 Å². The number of rotatable bonds is 2. The van der Waals surface area contributed by atoms with Gasteiger partial charge < -0.3 is 4.90 Å². The van der Waals surface area contributed by atoms with E-state index in [0.29, 0.717) is 12.2 Å². The van der Waals surface area contributed by atoms with Gasteiger partial charge in [-0.1, -0.05) is 75.2 Å². The molecule has 2 aromatic carbocycles. The van der Waals surface area contributed by atoms with Gasteiger partial charge in [0.2, 0.25) is 0 Å². The molecule has 2 atom stereocenters. The Kier molecular flexibility index (Phi) is 3.23. The Morgan fingerprint density at radius 1 is 0.923 bits per heavy atom. The summed E-state index contributed by atoms with van der Waals surface area (Å²) in [5, 5.41) is 0. The van der Waals surface area contributed by atoms with Crippen LogP contribution < -0.4 is 4.90 Å². The fourth-order valence-corrected chi connectivity index (χ4v) is 6.61. The molecule has 2 nitrogen and oxygen atoms in total. The lowest BCUT2D eigenvalue weighted by atomic mass is 9.56. The zero-order chi connectivity index (χ0) is 18.0. The maximum absolute atomic E-state index is 13.2. The van der Waals surface area contributed by atoms with Crippen LogP contribution in [0.4, 0.5) is 5.69 Å². The Labute approximate surface area is 156 Å². The number of benzene rings is 2. The Morgan fingerprint density at radius 3 is 2.42 bits per heavy atom. The smallest absolute Gasteiger partial charge is 0.141 e. The van der Waals surface area contributed by atoms with Crippen molar-refractivity contribution in [3.05, 3.63) is 65.7 Å². The van der Waals surface area contributed by atoms with E-state index in [9.17, 15) is 4.79 Å². The van der Waals surface area contributed by atoms with Crippen LogP contribution in [0.15, 0.2) is 54.6 Å². The fourth-order valence-electron chi connectivity index (χ4n) is 6.61. The molecule has 2 heteroatoms. The molecule has 1 heterocycles. The number of fused-ring (bicyclic) bond motifs is 1. The SMILES string of the molecule is CC1(C)C(=O)C[C@]23CCCC[C@]12N(Cc1ccccc1)c1ccccc13. The van der Waals surface area contributed by atoms with Gasteiger partial charge in [-0.15, -0.1) is 0 Å². The molecule has 3 aliphatic rings. The molecule has 5 rings (SSSR count). The monoisotopic (exact) mass is 345 g/mol. The molecule has 26 heavy (non-hydrogen) atoms. The zero-order valence-corrected chi connectivity index (χ0v) is 15.8. The molecule has 2 aromatic rings. The van der Waals surface area contributed by atoms with E-state index in [2.05, 4.69) is 73.3 Å². The maximum Gasteiger partial charge on any atom is 0.141 e. The van der Waals surface area contributed by atoms with Gasteiger partial charge in [0.1, 0.15) is 5.78 Å². The molecular weight excluding hydrogens is 318 g/mol. The van der Waals surface area contributed by atoms with Crippen LogP contribution in [0.5, 0.6) is 0 Å². The number of hydrogen-bond donors (Lipinski definition) is 0. The molecular formula is C24H27NO. The van der Waals surface area contributed by atoms with Crippen molar-refractivity contribution in [2.45, 2.75) is 63.5 Å². The van der Waals surface area contributed by atoms with E-state index in [4.69, 9.17) is 0 Å². The Bertz CT molecular complexity index is 871. The Morgan fingerprint density at radius 2 is 1.62 bits per heavy atom. The number of carbonyl (C=O) groups is 1. The normalized spacial score (nSPS) is 31.5. The van der Waals surface area contributed by atoms with Gasteiger partial charge in [-0.3, -0.25) is 4.79 Å². The lowest BCUT2D eigenvalue weighted by Crippen LogP contribution is -2.63. The summed E-state index contributed by atoms with van der Waals surface area (Å²) in [5.74, 6) is 0.451. The minimum absolute atomic E-state index is 0.00277. The summed E-state index contributed by atoms with van der Waals surface area (Å²) in [5.41, 5.74) is 3.70. The predicted octanol–water partition coefficient (Wildman–Crippen LogP) is 5.26. The van der Waals surface area contributed by atoms with E-state index in [1.165, 1.54) is 29.7 Å². The minimum atomic E-state index is -0.318. The Balaban J connectivity index is 1.76. The molecule has 0 aromatic heterocycles. The summed E-state index contributed by atoms with van der Waals surface area (Å²) >= 11 is 0. The van der Waals surface area contributed by atoms with Gasteiger partial charge in [-0.2, -0.15) is 0 Å². The third-order valence-corrected chi connectivity index (χ3v) is 7.73. The van der Waals surface area contributed by atoms with Crippen LogP contribution in [-0.2, 0) is 16.8 Å². The van der Waals surface area contributed by atoms with Crippen LogP contribution in [0.3, 0.4) is 0 Å². The predicted molar refractivity (Wildman–Crippen MR) is 105 cm³/mol. The molecule has 0 saturated heterocycles. The third kappa shape index (κ3) is 1.71. The minimum Gasteiger partial charge on any atom is -0.359 e. The van der Waals surface area contributed by atoms with Gasteiger partial charge in [0.25, 0.3) is 0 Å². The molecule has 0 amide bonds. The molecule has 1 aliphatic heterocycles. The molecule has 2 saturated carbocycles. The van der Waals surface area contributed by atoms with Gasteiger partial charge in [0.05, 0.1) is 5.54 Å². The van der Waals surface area contributed by atoms with Crippen LogP contribution in [0, 0.1) is 5.41 Å². The standard InChI is InChI=1S/C24H27NO/c1-22(2)21(26)16-23-14-8-9-15-24(22,23)25(17-18-10-4-3-5-11-18)20-13-7-6-12-19(20)23/h3-7,10-13H,8-9,14-17H2,1-2H3/t23-,24-/m0/s1. The quantitative estimate of drug-likeness (QED) is 0.740. The maximum atomic E-state index is 13.2. The lowest BCUT2D eigenvalue weighted by molar-refractivity contribution is -0.126. The number of Topliss-reactive ketones (excluding diaryl/α,β-unsaturated/α-hetero) is 1. The highest BCUT2D eigenvalue weighted by Crippen LogP contribution is 2.70. The van der Waals surface area contributed by atoms with Crippen molar-refractivity contribution >= 4 is 11.5 Å². The van der Waals surface area contributed by atoms with E-state index in [1.807, 2.05) is 0 Å². The van der Waals surface area contributed by atoms with Crippen LogP contribution in [0.2, 0.25) is 0 Å². The van der Waals surface area contributed by atoms with E-state index in [1.54, 1.807) is 0 Å². The molecule has 0 bridgehead atoms. The molecule has 0 unspecified atom stereocenters. The van der Waals surface area contributed by atoms with Crippen LogP contribution in [0.25, 0.3) is 0 Å². The second kappa shape index (κ2) is 5.22. The average molecular weight is 345 g/mol. The summed E-state index contributed by atoms with van der Waals surface area (Å²) < 4.78 is 0. The van der Waals surface area contributed by atoms with E-state index in [-0.39, 0.29) is 16.4 Å².